The topological polar surface area (TPSA) is 24.9 Å². The molecule has 0 saturated heterocycles. The number of rotatable bonds is 4. The highest BCUT2D eigenvalue weighted by molar-refractivity contribution is 7.12. The molecule has 0 saturated carbocycles. The van der Waals surface area contributed by atoms with Crippen LogP contribution in [0.25, 0.3) is 0 Å². The molecular weight excluding hydrogens is 272 g/mol. The molecule has 1 N–H and O–H groups in total. The lowest BCUT2D eigenvalue weighted by Crippen LogP contribution is -2.16. The molecule has 1 atom stereocenters. The first-order valence-electron chi connectivity index (χ1n) is 6.98. The Morgan fingerprint density at radius 2 is 2.16 bits per heavy atom. The van der Waals surface area contributed by atoms with Crippen LogP contribution in [0.5, 0.6) is 0 Å². The monoisotopic (exact) mass is 292 g/mol. The quantitative estimate of drug-likeness (QED) is 0.911. The van der Waals surface area contributed by atoms with Crippen LogP contribution in [0, 0.1) is 6.92 Å². The minimum atomic E-state index is 0.430. The maximum Gasteiger partial charge on any atom is 0.107 e. The van der Waals surface area contributed by atoms with Crippen molar-refractivity contribution in [1.82, 2.24) is 10.3 Å². The zero-order valence-electron chi connectivity index (χ0n) is 11.5. The van der Waals surface area contributed by atoms with E-state index >= 15 is 0 Å². The van der Waals surface area contributed by atoms with Gasteiger partial charge in [-0.1, -0.05) is 0 Å². The Balaban J connectivity index is 1.63. The molecule has 2 aromatic heterocycles. The molecule has 0 radical (unpaired) electrons. The zero-order chi connectivity index (χ0) is 13.2. The Hall–Kier alpha value is -0.710. The standard InChI is InChI=1S/C15H20N2S2/c1-10-8-17-15(18-10)9-16-11(2)14-7-12-5-3-4-6-13(12)19-14/h7-8,11,16H,3-6,9H2,1-2H3. The van der Waals surface area contributed by atoms with Crippen molar-refractivity contribution >= 4 is 22.7 Å². The third kappa shape index (κ3) is 3.07. The van der Waals surface area contributed by atoms with Crippen LogP contribution in [-0.2, 0) is 19.4 Å². The molecule has 3 rings (SSSR count). The molecule has 0 aliphatic heterocycles. The Kier molecular flexibility index (Phi) is 4.01. The van der Waals surface area contributed by atoms with Gasteiger partial charge in [0.05, 0.1) is 0 Å². The van der Waals surface area contributed by atoms with Gasteiger partial charge in [0.25, 0.3) is 0 Å². The molecule has 1 aliphatic carbocycles. The van der Waals surface area contributed by atoms with E-state index in [9.17, 15) is 0 Å². The van der Waals surface area contributed by atoms with Crippen molar-refractivity contribution in [3.63, 3.8) is 0 Å². The fourth-order valence-corrected chi connectivity index (χ4v) is 4.57. The second-order valence-electron chi connectivity index (χ2n) is 5.27. The summed E-state index contributed by atoms with van der Waals surface area (Å²) in [6, 6.07) is 2.85. The molecule has 102 valence electrons. The van der Waals surface area contributed by atoms with Crippen molar-refractivity contribution in [2.24, 2.45) is 0 Å². The highest BCUT2D eigenvalue weighted by Crippen LogP contribution is 2.32. The van der Waals surface area contributed by atoms with Gasteiger partial charge in [-0.3, -0.25) is 0 Å². The Labute approximate surface area is 122 Å². The van der Waals surface area contributed by atoms with Crippen LogP contribution < -0.4 is 5.32 Å². The van der Waals surface area contributed by atoms with Crippen LogP contribution in [0.4, 0.5) is 0 Å². The van der Waals surface area contributed by atoms with Crippen LogP contribution in [-0.4, -0.2) is 4.98 Å². The molecule has 0 amide bonds. The fraction of sp³-hybridized carbons (Fsp3) is 0.533. The summed E-state index contributed by atoms with van der Waals surface area (Å²) in [7, 11) is 0. The molecular formula is C15H20N2S2. The number of hydrogen-bond acceptors (Lipinski definition) is 4. The predicted octanol–water partition coefficient (Wildman–Crippen LogP) is 4.24. The third-order valence-corrected chi connectivity index (χ3v) is 6.00. The SMILES string of the molecule is Cc1cnc(CNC(C)c2cc3c(s2)CCCC3)s1. The van der Waals surface area contributed by atoms with Crippen LogP contribution >= 0.6 is 22.7 Å². The van der Waals surface area contributed by atoms with E-state index in [4.69, 9.17) is 0 Å². The van der Waals surface area contributed by atoms with E-state index in [-0.39, 0.29) is 0 Å². The maximum absolute atomic E-state index is 4.41. The van der Waals surface area contributed by atoms with E-state index in [1.807, 2.05) is 17.5 Å². The van der Waals surface area contributed by atoms with Crippen molar-refractivity contribution < 1.29 is 0 Å². The average Bonchev–Trinajstić information content (AvgIpc) is 3.01. The minimum Gasteiger partial charge on any atom is -0.303 e. The van der Waals surface area contributed by atoms with Gasteiger partial charge in [0.2, 0.25) is 0 Å². The van der Waals surface area contributed by atoms with Crippen molar-refractivity contribution in [2.75, 3.05) is 0 Å². The lowest BCUT2D eigenvalue weighted by atomic mass is 9.99. The van der Waals surface area contributed by atoms with Gasteiger partial charge in [-0.15, -0.1) is 22.7 Å². The van der Waals surface area contributed by atoms with Gasteiger partial charge in [-0.2, -0.15) is 0 Å². The molecule has 2 aromatic rings. The number of nitrogens with zero attached hydrogens (tertiary/aromatic N) is 1. The van der Waals surface area contributed by atoms with E-state index in [1.165, 1.54) is 40.4 Å². The summed E-state index contributed by atoms with van der Waals surface area (Å²) in [6.45, 7) is 5.25. The molecule has 0 bridgehead atoms. The second-order valence-corrected chi connectivity index (χ2v) is 7.76. The first kappa shape index (κ1) is 13.3. The highest BCUT2D eigenvalue weighted by atomic mass is 32.1. The summed E-state index contributed by atoms with van der Waals surface area (Å²) in [5.41, 5.74) is 1.60. The van der Waals surface area contributed by atoms with E-state index in [1.54, 1.807) is 21.8 Å². The molecule has 0 spiro atoms. The minimum absolute atomic E-state index is 0.430. The number of aryl methyl sites for hydroxylation is 3. The van der Waals surface area contributed by atoms with E-state index in [2.05, 4.69) is 30.2 Å². The van der Waals surface area contributed by atoms with Gasteiger partial charge >= 0.3 is 0 Å². The molecule has 1 unspecified atom stereocenters. The molecule has 2 nitrogen and oxygen atoms in total. The number of aromatic nitrogens is 1. The van der Waals surface area contributed by atoms with Crippen molar-refractivity contribution in [3.8, 4) is 0 Å². The number of hydrogen-bond donors (Lipinski definition) is 1. The summed E-state index contributed by atoms with van der Waals surface area (Å²) in [6.07, 6.45) is 7.26. The predicted molar refractivity (Wildman–Crippen MR) is 83.1 cm³/mol. The summed E-state index contributed by atoms with van der Waals surface area (Å²) < 4.78 is 0. The Morgan fingerprint density at radius 3 is 2.89 bits per heavy atom. The number of thiophene rings is 1. The second kappa shape index (κ2) is 5.73. The van der Waals surface area contributed by atoms with E-state index < -0.39 is 0 Å². The molecule has 0 fully saturated rings. The lowest BCUT2D eigenvalue weighted by Gasteiger charge is -2.10. The lowest BCUT2D eigenvalue weighted by molar-refractivity contribution is 0.581. The maximum atomic E-state index is 4.41. The van der Waals surface area contributed by atoms with Gasteiger partial charge in [0.15, 0.2) is 0 Å². The summed E-state index contributed by atoms with van der Waals surface area (Å²) >= 11 is 3.79. The Morgan fingerprint density at radius 1 is 1.32 bits per heavy atom. The highest BCUT2D eigenvalue weighted by Gasteiger charge is 2.16. The third-order valence-electron chi connectivity index (χ3n) is 3.67. The largest absolute Gasteiger partial charge is 0.303 e. The van der Waals surface area contributed by atoms with Crippen LogP contribution in [0.2, 0.25) is 0 Å². The van der Waals surface area contributed by atoms with Gasteiger partial charge in [0.1, 0.15) is 5.01 Å². The van der Waals surface area contributed by atoms with Gasteiger partial charge in [-0.05, 0) is 51.2 Å². The van der Waals surface area contributed by atoms with Gasteiger partial charge < -0.3 is 5.32 Å². The number of nitrogens with one attached hydrogen (secondary N) is 1. The first-order chi connectivity index (χ1) is 9.22. The zero-order valence-corrected chi connectivity index (χ0v) is 13.2. The van der Waals surface area contributed by atoms with Gasteiger partial charge in [-0.25, -0.2) is 4.98 Å². The van der Waals surface area contributed by atoms with Crippen molar-refractivity contribution in [3.05, 3.63) is 37.5 Å². The van der Waals surface area contributed by atoms with Crippen LogP contribution in [0.1, 0.15) is 51.0 Å². The van der Waals surface area contributed by atoms with Crippen LogP contribution in [0.15, 0.2) is 12.3 Å². The molecule has 0 aromatic carbocycles. The number of fused-ring (bicyclic) bond motifs is 1. The normalized spacial score (nSPS) is 16.3. The van der Waals surface area contributed by atoms with Crippen molar-refractivity contribution in [1.29, 1.82) is 0 Å². The average molecular weight is 292 g/mol. The summed E-state index contributed by atoms with van der Waals surface area (Å²) in [4.78, 5) is 8.81. The summed E-state index contributed by atoms with van der Waals surface area (Å²) in [5, 5.41) is 4.78. The Bertz CT molecular complexity index is 533. The van der Waals surface area contributed by atoms with Gasteiger partial charge in [0, 0.05) is 33.4 Å². The van der Waals surface area contributed by atoms with Crippen LogP contribution in [0.3, 0.4) is 0 Å². The molecule has 4 heteroatoms. The summed E-state index contributed by atoms with van der Waals surface area (Å²) in [5.74, 6) is 0. The first-order valence-corrected chi connectivity index (χ1v) is 8.62. The van der Waals surface area contributed by atoms with E-state index in [0.717, 1.165) is 6.54 Å². The number of thiazole rings is 1. The van der Waals surface area contributed by atoms with E-state index in [0.29, 0.717) is 6.04 Å². The molecule has 2 heterocycles. The fourth-order valence-electron chi connectivity index (χ4n) is 2.55. The molecule has 19 heavy (non-hydrogen) atoms. The van der Waals surface area contributed by atoms with Crippen molar-refractivity contribution in [2.45, 2.75) is 52.1 Å². The molecule has 1 aliphatic rings. The smallest absolute Gasteiger partial charge is 0.107 e.